The Balaban J connectivity index is 1.32. The highest BCUT2D eigenvalue weighted by Gasteiger charge is 2.15. The molecule has 0 N–H and O–H groups in total. The maximum absolute atomic E-state index is 6.50. The lowest BCUT2D eigenvalue weighted by atomic mass is 10.0. The van der Waals surface area contributed by atoms with Crippen LogP contribution in [-0.2, 0) is 0 Å². The summed E-state index contributed by atoms with van der Waals surface area (Å²) < 4.78 is 0. The van der Waals surface area contributed by atoms with Crippen LogP contribution in [0.2, 0.25) is 10.0 Å². The number of hydrogen-bond donors (Lipinski definition) is 0. The van der Waals surface area contributed by atoms with Crippen LogP contribution in [-0.4, -0.2) is 19.9 Å². The second-order valence-electron chi connectivity index (χ2n) is 10.3. The third kappa shape index (κ3) is 5.86. The van der Waals surface area contributed by atoms with Gasteiger partial charge in [-0.25, -0.2) is 15.0 Å². The smallest absolute Gasteiger partial charge is 0.164 e. The maximum atomic E-state index is 6.50. The first-order valence-electron chi connectivity index (χ1n) is 14.1. The van der Waals surface area contributed by atoms with Crippen LogP contribution in [0.25, 0.3) is 67.7 Å². The molecule has 0 amide bonds. The highest BCUT2D eigenvalue weighted by Crippen LogP contribution is 2.32. The molecule has 44 heavy (non-hydrogen) atoms. The van der Waals surface area contributed by atoms with Crippen molar-refractivity contribution in [3.8, 4) is 67.7 Å². The van der Waals surface area contributed by atoms with Gasteiger partial charge in [0.15, 0.2) is 17.5 Å². The van der Waals surface area contributed by atoms with Crippen LogP contribution in [0.4, 0.5) is 0 Å². The van der Waals surface area contributed by atoms with Crippen molar-refractivity contribution < 1.29 is 0 Å². The Labute approximate surface area is 265 Å². The van der Waals surface area contributed by atoms with Crippen molar-refractivity contribution in [1.82, 2.24) is 19.9 Å². The number of nitrogens with zero attached hydrogens (tertiary/aromatic N) is 4. The second kappa shape index (κ2) is 12.2. The highest BCUT2D eigenvalue weighted by atomic mass is 35.5. The fourth-order valence-corrected chi connectivity index (χ4v) is 5.57. The van der Waals surface area contributed by atoms with Gasteiger partial charge < -0.3 is 0 Å². The zero-order valence-corrected chi connectivity index (χ0v) is 24.9. The van der Waals surface area contributed by atoms with Crippen LogP contribution < -0.4 is 0 Å². The molecule has 0 atom stereocenters. The summed E-state index contributed by atoms with van der Waals surface area (Å²) in [4.78, 5) is 19.3. The number of hydrogen-bond acceptors (Lipinski definition) is 4. The molecule has 0 spiro atoms. The predicted octanol–water partition coefficient (Wildman–Crippen LogP) is 10.6. The van der Waals surface area contributed by atoms with Crippen LogP contribution >= 0.6 is 23.2 Å². The SMILES string of the molecule is Clc1cnc(-c2cccc(-c3nc(-c4ccc(-c5ccccc5)cc4)nc(-c4ccc(-c5ccccc5)cc4)n3)c2)c(Cl)c1. The molecule has 0 aliphatic rings. The first-order valence-corrected chi connectivity index (χ1v) is 14.9. The normalized spacial score (nSPS) is 11.0. The van der Waals surface area contributed by atoms with E-state index in [0.717, 1.165) is 44.5 Å². The van der Waals surface area contributed by atoms with Crippen molar-refractivity contribution in [2.45, 2.75) is 0 Å². The van der Waals surface area contributed by atoms with Crippen LogP contribution in [0.5, 0.6) is 0 Å². The van der Waals surface area contributed by atoms with Gasteiger partial charge >= 0.3 is 0 Å². The molecule has 5 aromatic carbocycles. The summed E-state index contributed by atoms with van der Waals surface area (Å²) >= 11 is 12.6. The van der Waals surface area contributed by atoms with E-state index in [4.69, 9.17) is 38.2 Å². The van der Waals surface area contributed by atoms with E-state index in [2.05, 4.69) is 77.8 Å². The van der Waals surface area contributed by atoms with E-state index in [0.29, 0.717) is 33.2 Å². The first kappa shape index (κ1) is 27.7. The maximum Gasteiger partial charge on any atom is 0.164 e. The van der Waals surface area contributed by atoms with Crippen LogP contribution in [0.3, 0.4) is 0 Å². The van der Waals surface area contributed by atoms with Crippen molar-refractivity contribution in [3.63, 3.8) is 0 Å². The lowest BCUT2D eigenvalue weighted by Crippen LogP contribution is -2.00. The lowest BCUT2D eigenvalue weighted by molar-refractivity contribution is 1.07. The molecular formula is C38H24Cl2N4. The van der Waals surface area contributed by atoms with E-state index in [1.165, 1.54) is 0 Å². The van der Waals surface area contributed by atoms with Gasteiger partial charge in [-0.15, -0.1) is 0 Å². The minimum Gasteiger partial charge on any atom is -0.253 e. The predicted molar refractivity (Wildman–Crippen MR) is 180 cm³/mol. The first-order chi connectivity index (χ1) is 21.6. The van der Waals surface area contributed by atoms with E-state index in [1.807, 2.05) is 60.7 Å². The van der Waals surface area contributed by atoms with Crippen molar-refractivity contribution in [2.75, 3.05) is 0 Å². The van der Waals surface area contributed by atoms with Crippen LogP contribution in [0.1, 0.15) is 0 Å². The number of rotatable bonds is 6. The molecule has 0 aliphatic carbocycles. The Bertz CT molecular complexity index is 1960. The third-order valence-electron chi connectivity index (χ3n) is 7.34. The minimum absolute atomic E-state index is 0.476. The van der Waals surface area contributed by atoms with E-state index >= 15 is 0 Å². The monoisotopic (exact) mass is 606 g/mol. The van der Waals surface area contributed by atoms with Gasteiger partial charge in [0.1, 0.15) is 0 Å². The van der Waals surface area contributed by atoms with E-state index in [1.54, 1.807) is 12.3 Å². The Morgan fingerprint density at radius 1 is 0.364 bits per heavy atom. The molecule has 210 valence electrons. The number of halogens is 2. The average Bonchev–Trinajstić information content (AvgIpc) is 3.09. The zero-order valence-electron chi connectivity index (χ0n) is 23.4. The van der Waals surface area contributed by atoms with Gasteiger partial charge in [-0.05, 0) is 34.4 Å². The Hall–Kier alpha value is -5.16. The molecule has 7 rings (SSSR count). The van der Waals surface area contributed by atoms with Gasteiger partial charge in [0, 0.05) is 28.5 Å². The van der Waals surface area contributed by atoms with Gasteiger partial charge in [-0.1, -0.05) is 151 Å². The summed E-state index contributed by atoms with van der Waals surface area (Å²) in [6.07, 6.45) is 1.59. The fourth-order valence-electron chi connectivity index (χ4n) is 5.08. The average molecular weight is 608 g/mol. The molecule has 0 saturated carbocycles. The molecule has 6 heteroatoms. The summed E-state index contributed by atoms with van der Waals surface area (Å²) in [7, 11) is 0. The van der Waals surface area contributed by atoms with Crippen molar-refractivity contribution in [1.29, 1.82) is 0 Å². The van der Waals surface area contributed by atoms with Gasteiger partial charge in [0.25, 0.3) is 0 Å². The largest absolute Gasteiger partial charge is 0.253 e. The highest BCUT2D eigenvalue weighted by molar-refractivity contribution is 6.36. The quantitative estimate of drug-likeness (QED) is 0.189. The van der Waals surface area contributed by atoms with Gasteiger partial charge in [0.2, 0.25) is 0 Å². The lowest BCUT2D eigenvalue weighted by Gasteiger charge is -2.11. The molecule has 0 radical (unpaired) electrons. The molecule has 7 aromatic rings. The molecular weight excluding hydrogens is 583 g/mol. The van der Waals surface area contributed by atoms with Crippen molar-refractivity contribution in [3.05, 3.63) is 156 Å². The van der Waals surface area contributed by atoms with E-state index < -0.39 is 0 Å². The summed E-state index contributed by atoms with van der Waals surface area (Å²) in [5, 5.41) is 0.960. The molecule has 0 unspecified atom stereocenters. The van der Waals surface area contributed by atoms with Gasteiger partial charge in [-0.2, -0.15) is 0 Å². The Morgan fingerprint density at radius 3 is 1.27 bits per heavy atom. The summed E-state index contributed by atoms with van der Waals surface area (Å²) in [6, 6.07) is 46.7. The van der Waals surface area contributed by atoms with E-state index in [9.17, 15) is 0 Å². The van der Waals surface area contributed by atoms with Crippen molar-refractivity contribution in [2.24, 2.45) is 0 Å². The number of aromatic nitrogens is 4. The molecule has 2 heterocycles. The zero-order chi connectivity index (χ0) is 29.9. The molecule has 0 aliphatic heterocycles. The second-order valence-corrected chi connectivity index (χ2v) is 11.1. The molecule has 0 bridgehead atoms. The topological polar surface area (TPSA) is 51.6 Å². The summed E-state index contributed by atoms with van der Waals surface area (Å²) in [6.45, 7) is 0. The number of benzene rings is 5. The molecule has 2 aromatic heterocycles. The van der Waals surface area contributed by atoms with Gasteiger partial charge in [0.05, 0.1) is 15.7 Å². The molecule has 0 saturated heterocycles. The fraction of sp³-hybridized carbons (Fsp3) is 0. The molecule has 0 fully saturated rings. The third-order valence-corrected chi connectivity index (χ3v) is 7.83. The summed E-state index contributed by atoms with van der Waals surface area (Å²) in [5.74, 6) is 1.73. The summed E-state index contributed by atoms with van der Waals surface area (Å²) in [5.41, 5.74) is 8.65. The van der Waals surface area contributed by atoms with Crippen LogP contribution in [0.15, 0.2) is 146 Å². The standard InChI is InChI=1S/C38H24Cl2N4/c39-33-23-34(40)35(41-24-33)31-12-7-13-32(22-31)38-43-36(29-18-14-27(15-19-29)25-8-3-1-4-9-25)42-37(44-38)30-20-16-28(17-21-30)26-10-5-2-6-11-26/h1-24H. The Kier molecular flexibility index (Phi) is 7.68. The Morgan fingerprint density at radius 2 is 0.773 bits per heavy atom. The number of pyridine rings is 1. The van der Waals surface area contributed by atoms with Crippen LogP contribution in [0, 0.1) is 0 Å². The van der Waals surface area contributed by atoms with Gasteiger partial charge in [-0.3, -0.25) is 4.98 Å². The van der Waals surface area contributed by atoms with Crippen molar-refractivity contribution >= 4 is 23.2 Å². The molecule has 4 nitrogen and oxygen atoms in total. The van der Waals surface area contributed by atoms with E-state index in [-0.39, 0.29) is 0 Å². The minimum atomic E-state index is 0.476.